The van der Waals surface area contributed by atoms with Crippen molar-refractivity contribution in [2.45, 2.75) is 19.8 Å². The van der Waals surface area contributed by atoms with E-state index in [4.69, 9.17) is 4.42 Å². The van der Waals surface area contributed by atoms with Crippen LogP contribution in [0.15, 0.2) is 34.7 Å². The van der Waals surface area contributed by atoms with E-state index in [0.717, 1.165) is 12.8 Å². The van der Waals surface area contributed by atoms with Gasteiger partial charge in [-0.2, -0.15) is 0 Å². The number of nitrogens with zero attached hydrogens (tertiary/aromatic N) is 5. The second kappa shape index (κ2) is 7.50. The molecule has 2 atom stereocenters. The lowest BCUT2D eigenvalue weighted by Gasteiger charge is -2.34. The molecular weight excluding hydrogens is 370 g/mol. The predicted molar refractivity (Wildman–Crippen MR) is 107 cm³/mol. The van der Waals surface area contributed by atoms with Gasteiger partial charge >= 0.3 is 6.01 Å². The minimum atomic E-state index is -0.558. The molecular formula is C21H27N5O3. The summed E-state index contributed by atoms with van der Waals surface area (Å²) in [5.74, 6) is 0.627. The molecule has 8 nitrogen and oxygen atoms in total. The molecule has 8 heteroatoms. The number of hydrogen-bond donors (Lipinski definition) is 0. The largest absolute Gasteiger partial charge is 0.408 e. The fraction of sp³-hybridized carbons (Fsp3) is 0.524. The number of hydrogen-bond acceptors (Lipinski definition) is 6. The average Bonchev–Trinajstić information content (AvgIpc) is 3.26. The van der Waals surface area contributed by atoms with Crippen LogP contribution in [-0.2, 0) is 4.79 Å². The lowest BCUT2D eigenvalue weighted by molar-refractivity contribution is -0.141. The Kier molecular flexibility index (Phi) is 5.02. The van der Waals surface area contributed by atoms with Crippen LogP contribution in [0.5, 0.6) is 0 Å². The van der Waals surface area contributed by atoms with Gasteiger partial charge in [-0.1, -0.05) is 23.3 Å². The first-order valence-electron chi connectivity index (χ1n) is 10.0. The lowest BCUT2D eigenvalue weighted by atomic mass is 9.74. The molecule has 0 bridgehead atoms. The molecule has 0 radical (unpaired) electrons. The first kappa shape index (κ1) is 19.4. The number of anilines is 1. The molecule has 154 valence electrons. The average molecular weight is 397 g/mol. The van der Waals surface area contributed by atoms with Crippen molar-refractivity contribution in [1.29, 1.82) is 0 Å². The van der Waals surface area contributed by atoms with Crippen LogP contribution in [0.25, 0.3) is 0 Å². The highest BCUT2D eigenvalue weighted by molar-refractivity contribution is 5.94. The van der Waals surface area contributed by atoms with Crippen LogP contribution >= 0.6 is 0 Å². The molecule has 0 N–H and O–H groups in total. The van der Waals surface area contributed by atoms with E-state index >= 15 is 0 Å². The third kappa shape index (κ3) is 3.47. The summed E-state index contributed by atoms with van der Waals surface area (Å²) >= 11 is 0. The molecule has 1 aromatic carbocycles. The SMILES string of the molecule is Cc1nnc(N2C[C@H]3CN(C(=O)c4ccccc4)CCC[C@@]3(C(=O)N(C)C)C2)o1. The lowest BCUT2D eigenvalue weighted by Crippen LogP contribution is -2.47. The Balaban J connectivity index is 1.64. The highest BCUT2D eigenvalue weighted by Gasteiger charge is 2.55. The molecule has 0 unspecified atom stereocenters. The van der Waals surface area contributed by atoms with E-state index in [2.05, 4.69) is 10.2 Å². The summed E-state index contributed by atoms with van der Waals surface area (Å²) in [4.78, 5) is 32.0. The fourth-order valence-corrected chi connectivity index (χ4v) is 4.74. The molecule has 0 aliphatic carbocycles. The van der Waals surface area contributed by atoms with E-state index in [1.165, 1.54) is 0 Å². The summed E-state index contributed by atoms with van der Waals surface area (Å²) in [6.07, 6.45) is 1.52. The normalized spacial score (nSPS) is 24.2. The van der Waals surface area contributed by atoms with Crippen LogP contribution in [0.4, 0.5) is 6.01 Å². The van der Waals surface area contributed by atoms with Crippen molar-refractivity contribution in [3.8, 4) is 0 Å². The highest BCUT2D eigenvalue weighted by atomic mass is 16.4. The summed E-state index contributed by atoms with van der Waals surface area (Å²) in [5.41, 5.74) is 0.124. The number of amides is 2. The van der Waals surface area contributed by atoms with Gasteiger partial charge in [0, 0.05) is 58.7 Å². The molecule has 2 aliphatic heterocycles. The third-order valence-electron chi connectivity index (χ3n) is 6.11. The van der Waals surface area contributed by atoms with Crippen molar-refractivity contribution in [2.24, 2.45) is 11.3 Å². The second-order valence-electron chi connectivity index (χ2n) is 8.26. The van der Waals surface area contributed by atoms with E-state index in [9.17, 15) is 9.59 Å². The van der Waals surface area contributed by atoms with Gasteiger partial charge in [-0.25, -0.2) is 0 Å². The number of carbonyl (C=O) groups excluding carboxylic acids is 2. The summed E-state index contributed by atoms with van der Waals surface area (Å²) in [6.45, 7) is 4.10. The highest BCUT2D eigenvalue weighted by Crippen LogP contribution is 2.45. The number of fused-ring (bicyclic) bond motifs is 1. The predicted octanol–water partition coefficient (Wildman–Crippen LogP) is 1.83. The van der Waals surface area contributed by atoms with E-state index in [1.54, 1.807) is 25.9 Å². The molecule has 0 saturated carbocycles. The number of benzene rings is 1. The van der Waals surface area contributed by atoms with Crippen molar-refractivity contribution in [1.82, 2.24) is 20.0 Å². The van der Waals surface area contributed by atoms with Gasteiger partial charge in [0.05, 0.1) is 5.41 Å². The van der Waals surface area contributed by atoms with Crippen molar-refractivity contribution < 1.29 is 14.0 Å². The van der Waals surface area contributed by atoms with E-state index in [1.807, 2.05) is 40.1 Å². The fourth-order valence-electron chi connectivity index (χ4n) is 4.74. The van der Waals surface area contributed by atoms with Gasteiger partial charge in [-0.15, -0.1) is 5.10 Å². The first-order valence-corrected chi connectivity index (χ1v) is 10.0. The molecule has 1 aromatic heterocycles. The van der Waals surface area contributed by atoms with Crippen molar-refractivity contribution in [3.63, 3.8) is 0 Å². The Labute approximate surface area is 170 Å². The molecule has 2 amide bonds. The summed E-state index contributed by atoms with van der Waals surface area (Å²) in [7, 11) is 3.59. The van der Waals surface area contributed by atoms with Gasteiger partial charge in [-0.05, 0) is 25.0 Å². The third-order valence-corrected chi connectivity index (χ3v) is 6.11. The topological polar surface area (TPSA) is 82.8 Å². The van der Waals surface area contributed by atoms with Crippen LogP contribution in [0.2, 0.25) is 0 Å². The molecule has 2 saturated heterocycles. The monoisotopic (exact) mass is 397 g/mol. The quantitative estimate of drug-likeness (QED) is 0.786. The van der Waals surface area contributed by atoms with Gasteiger partial charge < -0.3 is 19.1 Å². The molecule has 3 heterocycles. The van der Waals surface area contributed by atoms with Gasteiger partial charge in [0.25, 0.3) is 5.91 Å². The van der Waals surface area contributed by atoms with Gasteiger partial charge in [0.15, 0.2) is 0 Å². The Morgan fingerprint density at radius 3 is 2.59 bits per heavy atom. The number of likely N-dealkylation sites (tertiary alicyclic amines) is 1. The maximum absolute atomic E-state index is 13.3. The molecule has 2 fully saturated rings. The van der Waals surface area contributed by atoms with Gasteiger partial charge in [-0.3, -0.25) is 9.59 Å². The summed E-state index contributed by atoms with van der Waals surface area (Å²) < 4.78 is 5.63. The summed E-state index contributed by atoms with van der Waals surface area (Å²) in [5, 5.41) is 8.08. The maximum Gasteiger partial charge on any atom is 0.318 e. The van der Waals surface area contributed by atoms with E-state index < -0.39 is 5.41 Å². The molecule has 0 spiro atoms. The number of aryl methyl sites for hydroxylation is 1. The van der Waals surface area contributed by atoms with Crippen LogP contribution in [0.1, 0.15) is 29.1 Å². The first-order chi connectivity index (χ1) is 13.9. The minimum absolute atomic E-state index is 0.000214. The Hall–Kier alpha value is -2.90. The molecule has 2 aromatic rings. The number of aromatic nitrogens is 2. The van der Waals surface area contributed by atoms with Gasteiger partial charge in [0.1, 0.15) is 0 Å². The Morgan fingerprint density at radius 2 is 1.93 bits per heavy atom. The standard InChI is InChI=1S/C21H27N5O3/c1-15-22-23-20(29-15)26-13-17-12-25(18(27)16-8-5-4-6-9-16)11-7-10-21(17,14-26)19(28)24(2)3/h4-6,8-9,17H,7,10-14H2,1-3H3/t17-,21-/m1/s1. The van der Waals surface area contributed by atoms with Crippen molar-refractivity contribution in [3.05, 3.63) is 41.8 Å². The smallest absolute Gasteiger partial charge is 0.318 e. The zero-order valence-corrected chi connectivity index (χ0v) is 17.2. The Bertz CT molecular complexity index is 897. The van der Waals surface area contributed by atoms with Crippen LogP contribution in [0, 0.1) is 18.3 Å². The zero-order chi connectivity index (χ0) is 20.6. The second-order valence-corrected chi connectivity index (χ2v) is 8.26. The van der Waals surface area contributed by atoms with Crippen LogP contribution in [0.3, 0.4) is 0 Å². The minimum Gasteiger partial charge on any atom is -0.408 e. The Morgan fingerprint density at radius 1 is 1.17 bits per heavy atom. The molecule has 2 aliphatic rings. The zero-order valence-electron chi connectivity index (χ0n) is 17.2. The van der Waals surface area contributed by atoms with E-state index in [-0.39, 0.29) is 17.7 Å². The van der Waals surface area contributed by atoms with Gasteiger partial charge in [0.2, 0.25) is 11.8 Å². The van der Waals surface area contributed by atoms with Crippen molar-refractivity contribution in [2.75, 3.05) is 45.2 Å². The maximum atomic E-state index is 13.3. The molecule has 4 rings (SSSR count). The number of carbonyl (C=O) groups is 2. The van der Waals surface area contributed by atoms with Crippen molar-refractivity contribution >= 4 is 17.8 Å². The molecule has 29 heavy (non-hydrogen) atoms. The number of rotatable bonds is 3. The summed E-state index contributed by atoms with van der Waals surface area (Å²) in [6, 6.07) is 9.78. The van der Waals surface area contributed by atoms with Crippen LogP contribution < -0.4 is 4.90 Å². The van der Waals surface area contributed by atoms with E-state index in [0.29, 0.717) is 43.6 Å². The van der Waals surface area contributed by atoms with Crippen LogP contribution in [-0.4, -0.2) is 72.1 Å².